The molecule has 3 heterocycles. The van der Waals surface area contributed by atoms with Crippen molar-refractivity contribution in [1.82, 2.24) is 14.5 Å². The summed E-state index contributed by atoms with van der Waals surface area (Å²) in [4.78, 5) is 9.29. The van der Waals surface area contributed by atoms with Gasteiger partial charge in [-0.15, -0.1) is 71.3 Å². The smallest absolute Gasteiger partial charge is 0.0777 e. The summed E-state index contributed by atoms with van der Waals surface area (Å²) < 4.78 is 2.37. The van der Waals surface area contributed by atoms with E-state index in [-0.39, 0.29) is 25.6 Å². The summed E-state index contributed by atoms with van der Waals surface area (Å²) in [7, 11) is 0. The average molecular weight is 676 g/mol. The van der Waals surface area contributed by atoms with Crippen LogP contribution in [0.25, 0.3) is 39.8 Å². The third kappa shape index (κ3) is 5.43. The van der Waals surface area contributed by atoms with E-state index in [0.717, 1.165) is 28.2 Å². The van der Waals surface area contributed by atoms with Gasteiger partial charge in [-0.2, -0.15) is 0 Å². The van der Waals surface area contributed by atoms with Gasteiger partial charge in [0.2, 0.25) is 0 Å². The van der Waals surface area contributed by atoms with Crippen LogP contribution in [0.5, 0.6) is 0 Å². The predicted molar refractivity (Wildman–Crippen MR) is 154 cm³/mol. The third-order valence-corrected chi connectivity index (χ3v) is 6.85. The molecule has 3 aromatic carbocycles. The molecule has 0 amide bonds. The van der Waals surface area contributed by atoms with Crippen LogP contribution in [0.15, 0.2) is 79.0 Å². The Morgan fingerprint density at radius 2 is 1.66 bits per heavy atom. The Bertz CT molecular complexity index is 1520. The summed E-state index contributed by atoms with van der Waals surface area (Å²) in [5, 5.41) is 0. The summed E-state index contributed by atoms with van der Waals surface area (Å²) in [6.07, 6.45) is 6.44. The molecule has 195 valence electrons. The van der Waals surface area contributed by atoms with E-state index in [0.29, 0.717) is 5.92 Å². The first-order chi connectivity index (χ1) is 17.7. The minimum atomic E-state index is -0.101. The number of aryl methyl sites for hydroxylation is 2. The molecule has 0 fully saturated rings. The van der Waals surface area contributed by atoms with Gasteiger partial charge in [0.1, 0.15) is 0 Å². The molecule has 2 aromatic heterocycles. The standard InChI is InChI=1S/C21H21N2.C13H12N.Ir/c1-14(2)16-10-11-18-19-17(16)12-13-21(3,4)23(19)20(22-18)15-8-6-5-7-9-15;1-10-3-6-12(7-4-10)13-8-5-11(2)9-14-13;/h5-8,10-14H,1-4H3;3-6,8-9H,1-2H3;/q2*-1;. The van der Waals surface area contributed by atoms with E-state index >= 15 is 0 Å². The maximum absolute atomic E-state index is 4.94. The molecule has 0 bridgehead atoms. The molecule has 4 heteroatoms. The molecule has 0 atom stereocenters. The SMILES string of the molecule is CC(C)c1ccc2nc(-c3[c-]cccc3)n3c2c1C=CC3(C)C.Cc1c[c-]c(-c2ccc(C)cn2)cc1.[Ir]. The van der Waals surface area contributed by atoms with Crippen LogP contribution < -0.4 is 0 Å². The topological polar surface area (TPSA) is 30.7 Å². The van der Waals surface area contributed by atoms with Gasteiger partial charge in [-0.05, 0) is 49.6 Å². The molecule has 0 N–H and O–H groups in total. The Hall–Kier alpha value is -3.33. The number of benzene rings is 3. The minimum absolute atomic E-state index is 0. The third-order valence-electron chi connectivity index (χ3n) is 6.85. The second-order valence-corrected chi connectivity index (χ2v) is 10.6. The monoisotopic (exact) mass is 676 g/mol. The fourth-order valence-corrected chi connectivity index (χ4v) is 4.81. The van der Waals surface area contributed by atoms with Crippen molar-refractivity contribution in [3.63, 3.8) is 0 Å². The van der Waals surface area contributed by atoms with E-state index in [1.165, 1.54) is 27.8 Å². The second kappa shape index (κ2) is 11.2. The van der Waals surface area contributed by atoms with Gasteiger partial charge >= 0.3 is 0 Å². The molecule has 0 unspecified atom stereocenters. The van der Waals surface area contributed by atoms with Crippen LogP contribution >= 0.6 is 0 Å². The van der Waals surface area contributed by atoms with Crippen LogP contribution in [0.2, 0.25) is 0 Å². The van der Waals surface area contributed by atoms with Crippen molar-refractivity contribution in [2.24, 2.45) is 0 Å². The van der Waals surface area contributed by atoms with Gasteiger partial charge in [0.25, 0.3) is 0 Å². The number of nitrogens with zero attached hydrogens (tertiary/aromatic N) is 3. The average Bonchev–Trinajstić information content (AvgIpc) is 3.30. The minimum Gasteiger partial charge on any atom is -0.355 e. The molecule has 38 heavy (non-hydrogen) atoms. The van der Waals surface area contributed by atoms with Crippen LogP contribution in [0, 0.1) is 26.0 Å². The first kappa shape index (κ1) is 27.7. The molecule has 1 aliphatic rings. The molecule has 0 aliphatic carbocycles. The van der Waals surface area contributed by atoms with Crippen LogP contribution in [0.1, 0.15) is 55.9 Å². The van der Waals surface area contributed by atoms with Crippen LogP contribution in [0.3, 0.4) is 0 Å². The first-order valence-corrected chi connectivity index (χ1v) is 12.9. The summed E-state index contributed by atoms with van der Waals surface area (Å²) in [6.45, 7) is 13.1. The summed E-state index contributed by atoms with van der Waals surface area (Å²) >= 11 is 0. The molecule has 0 spiro atoms. The molecule has 5 aromatic rings. The fraction of sp³-hybridized carbons (Fsp3) is 0.235. The fourth-order valence-electron chi connectivity index (χ4n) is 4.81. The maximum Gasteiger partial charge on any atom is 0.0777 e. The van der Waals surface area contributed by atoms with Crippen molar-refractivity contribution in [3.8, 4) is 22.6 Å². The van der Waals surface area contributed by atoms with Crippen molar-refractivity contribution in [1.29, 1.82) is 0 Å². The Morgan fingerprint density at radius 1 is 0.868 bits per heavy atom. The zero-order valence-electron chi connectivity index (χ0n) is 22.8. The van der Waals surface area contributed by atoms with E-state index in [2.05, 4.69) is 98.8 Å². The number of aromatic nitrogens is 3. The van der Waals surface area contributed by atoms with Gasteiger partial charge in [-0.1, -0.05) is 51.1 Å². The Kier molecular flexibility index (Phi) is 8.16. The van der Waals surface area contributed by atoms with Gasteiger partial charge in [0, 0.05) is 31.9 Å². The van der Waals surface area contributed by atoms with Crippen LogP contribution in [0.4, 0.5) is 0 Å². The molecule has 1 radical (unpaired) electrons. The Balaban J connectivity index is 0.000000193. The predicted octanol–water partition coefficient (Wildman–Crippen LogP) is 8.55. The number of hydrogen-bond donors (Lipinski definition) is 0. The van der Waals surface area contributed by atoms with Crippen LogP contribution in [-0.4, -0.2) is 14.5 Å². The van der Waals surface area contributed by atoms with E-state index in [1.54, 1.807) is 0 Å². The van der Waals surface area contributed by atoms with E-state index in [9.17, 15) is 0 Å². The van der Waals surface area contributed by atoms with Gasteiger partial charge in [0.05, 0.1) is 22.4 Å². The molecular weight excluding hydrogens is 643 g/mol. The van der Waals surface area contributed by atoms with Gasteiger partial charge in [0.15, 0.2) is 0 Å². The molecule has 1 aliphatic heterocycles. The number of pyridine rings is 1. The first-order valence-electron chi connectivity index (χ1n) is 12.9. The molecule has 0 saturated carbocycles. The van der Waals surface area contributed by atoms with E-state index < -0.39 is 0 Å². The van der Waals surface area contributed by atoms with E-state index in [1.807, 2.05) is 49.5 Å². The second-order valence-electron chi connectivity index (χ2n) is 10.6. The largest absolute Gasteiger partial charge is 0.355 e. The van der Waals surface area contributed by atoms with Crippen molar-refractivity contribution in [2.45, 2.75) is 53.0 Å². The van der Waals surface area contributed by atoms with Crippen molar-refractivity contribution >= 4 is 17.1 Å². The van der Waals surface area contributed by atoms with Crippen molar-refractivity contribution in [2.75, 3.05) is 0 Å². The Labute approximate surface area is 240 Å². The number of allylic oxidation sites excluding steroid dienone is 1. The number of hydrogen-bond acceptors (Lipinski definition) is 2. The summed E-state index contributed by atoms with van der Waals surface area (Å²) in [5.41, 5.74) is 10.4. The molecule has 3 nitrogen and oxygen atoms in total. The van der Waals surface area contributed by atoms with Gasteiger partial charge in [-0.25, -0.2) is 0 Å². The van der Waals surface area contributed by atoms with Crippen molar-refractivity contribution < 1.29 is 20.1 Å². The quantitative estimate of drug-likeness (QED) is 0.180. The summed E-state index contributed by atoms with van der Waals surface area (Å²) in [6, 6.07) is 29.2. The van der Waals surface area contributed by atoms with Gasteiger partial charge < -0.3 is 9.55 Å². The van der Waals surface area contributed by atoms with Crippen LogP contribution in [-0.2, 0) is 25.6 Å². The van der Waals surface area contributed by atoms with Crippen molar-refractivity contribution in [3.05, 3.63) is 113 Å². The zero-order chi connectivity index (χ0) is 26.2. The zero-order valence-corrected chi connectivity index (χ0v) is 25.2. The number of rotatable bonds is 3. The maximum atomic E-state index is 4.94. The molecule has 6 rings (SSSR count). The van der Waals surface area contributed by atoms with Gasteiger partial charge in [-0.3, -0.25) is 4.98 Å². The normalized spacial score (nSPS) is 13.1. The van der Waals surface area contributed by atoms with E-state index in [4.69, 9.17) is 4.98 Å². The Morgan fingerprint density at radius 3 is 2.29 bits per heavy atom. The number of imidazole rings is 1. The molecule has 0 saturated heterocycles. The molecular formula is C34H33IrN3-2. The summed E-state index contributed by atoms with van der Waals surface area (Å²) in [5.74, 6) is 1.49.